The molecule has 6 atom stereocenters. The van der Waals surface area contributed by atoms with Crippen molar-refractivity contribution < 1.29 is 80.2 Å². The molecule has 19 heteroatoms. The first kappa shape index (κ1) is 97.1. The molecule has 17 nitrogen and oxygen atoms in total. The van der Waals surface area contributed by atoms with Crippen LogP contribution in [0, 0.1) is 23.7 Å². The van der Waals surface area contributed by atoms with Crippen LogP contribution in [0.4, 0.5) is 0 Å². The van der Waals surface area contributed by atoms with Crippen molar-refractivity contribution in [1.29, 1.82) is 0 Å². The molecule has 0 heterocycles. The Kier molecular flexibility index (Phi) is 67.8. The second kappa shape index (κ2) is 69.1. The number of unbranched alkanes of at least 4 members (excludes halogenated alkanes) is 42. The summed E-state index contributed by atoms with van der Waals surface area (Å²) in [6.45, 7) is 14.2. The Labute approximate surface area is 607 Å². The molecule has 99 heavy (non-hydrogen) atoms. The van der Waals surface area contributed by atoms with Gasteiger partial charge in [-0.3, -0.25) is 37.3 Å². The third-order valence-corrected chi connectivity index (χ3v) is 20.8. The van der Waals surface area contributed by atoms with Crippen molar-refractivity contribution in [2.45, 2.75) is 427 Å². The van der Waals surface area contributed by atoms with E-state index in [1.54, 1.807) is 0 Å². The van der Waals surface area contributed by atoms with E-state index in [1.165, 1.54) is 205 Å². The summed E-state index contributed by atoms with van der Waals surface area (Å²) in [4.78, 5) is 73.0. The highest BCUT2D eigenvalue weighted by Gasteiger charge is 2.30. The van der Waals surface area contributed by atoms with Crippen LogP contribution in [0.3, 0.4) is 0 Å². The molecule has 0 aliphatic carbocycles. The molecule has 0 bridgehead atoms. The first-order chi connectivity index (χ1) is 47.6. The van der Waals surface area contributed by atoms with E-state index in [-0.39, 0.29) is 25.7 Å². The Morgan fingerprint density at radius 1 is 0.283 bits per heavy atom. The fourth-order valence-corrected chi connectivity index (χ4v) is 13.8. The van der Waals surface area contributed by atoms with Gasteiger partial charge in [0.15, 0.2) is 12.2 Å². The van der Waals surface area contributed by atoms with Crippen LogP contribution >= 0.6 is 15.6 Å². The fraction of sp³-hybridized carbons (Fsp3) is 0.950. The Bertz CT molecular complexity index is 1940. The van der Waals surface area contributed by atoms with Crippen molar-refractivity contribution in [3.8, 4) is 0 Å². The molecule has 3 N–H and O–H groups in total. The molecule has 588 valence electrons. The second-order valence-electron chi connectivity index (χ2n) is 30.5. The van der Waals surface area contributed by atoms with E-state index in [4.69, 9.17) is 37.0 Å². The zero-order valence-electron chi connectivity index (χ0n) is 65.1. The van der Waals surface area contributed by atoms with E-state index < -0.39 is 97.5 Å². The topological polar surface area (TPSA) is 237 Å². The summed E-state index contributed by atoms with van der Waals surface area (Å²) in [5.74, 6) is 0.977. The number of phosphoric acid groups is 2. The van der Waals surface area contributed by atoms with Crippen LogP contribution in [-0.4, -0.2) is 96.7 Å². The highest BCUT2D eigenvalue weighted by atomic mass is 31.2. The van der Waals surface area contributed by atoms with Gasteiger partial charge in [-0.05, 0) is 49.4 Å². The maximum absolute atomic E-state index is 13.1. The summed E-state index contributed by atoms with van der Waals surface area (Å²) in [5.41, 5.74) is 0. The number of phosphoric ester groups is 2. The molecule has 0 aromatic rings. The predicted octanol–water partition coefficient (Wildman–Crippen LogP) is 23.6. The fourth-order valence-electron chi connectivity index (χ4n) is 12.2. The highest BCUT2D eigenvalue weighted by Crippen LogP contribution is 2.45. The first-order valence-electron chi connectivity index (χ1n) is 41.2. The van der Waals surface area contributed by atoms with E-state index in [9.17, 15) is 43.2 Å². The van der Waals surface area contributed by atoms with Gasteiger partial charge in [0.25, 0.3) is 0 Å². The summed E-state index contributed by atoms with van der Waals surface area (Å²) in [6, 6.07) is 0. The summed E-state index contributed by atoms with van der Waals surface area (Å²) in [6.07, 6.45) is 55.6. The summed E-state index contributed by atoms with van der Waals surface area (Å²) in [7, 11) is -9.92. The third-order valence-electron chi connectivity index (χ3n) is 18.9. The number of hydrogen-bond donors (Lipinski definition) is 3. The van der Waals surface area contributed by atoms with Crippen molar-refractivity contribution in [2.24, 2.45) is 23.7 Å². The number of rotatable bonds is 77. The van der Waals surface area contributed by atoms with Crippen molar-refractivity contribution in [1.82, 2.24) is 0 Å². The van der Waals surface area contributed by atoms with Gasteiger partial charge in [-0.2, -0.15) is 0 Å². The second-order valence-corrected chi connectivity index (χ2v) is 33.4. The third kappa shape index (κ3) is 72.8. The van der Waals surface area contributed by atoms with Gasteiger partial charge in [-0.1, -0.05) is 357 Å². The van der Waals surface area contributed by atoms with Gasteiger partial charge in [0, 0.05) is 25.7 Å². The average Bonchev–Trinajstić information content (AvgIpc) is 0.993. The zero-order valence-corrected chi connectivity index (χ0v) is 66.9. The number of carbonyl (C=O) groups is 4. The van der Waals surface area contributed by atoms with E-state index in [0.29, 0.717) is 31.6 Å². The molecule has 0 aromatic carbocycles. The SMILES string of the molecule is CCC(C)CCCCCCCCCCCCC(=O)OC[C@H](COP(=O)(O)OCC(O)COP(=O)(O)OC[C@@H](COC(=O)CCCCCCCCC(C)C)OC(=O)CCCCCCCCCCCCCCCCCC(C)C)OC(=O)CCCCCCCCCCCCCCCCCC(C)C. The van der Waals surface area contributed by atoms with Gasteiger partial charge < -0.3 is 33.8 Å². The lowest BCUT2D eigenvalue weighted by atomic mass is 9.99. The van der Waals surface area contributed by atoms with Crippen molar-refractivity contribution in [3.05, 3.63) is 0 Å². The van der Waals surface area contributed by atoms with Gasteiger partial charge in [-0.15, -0.1) is 0 Å². The van der Waals surface area contributed by atoms with Crippen LogP contribution < -0.4 is 0 Å². The molecule has 0 aromatic heterocycles. The minimum Gasteiger partial charge on any atom is -0.462 e. The van der Waals surface area contributed by atoms with Crippen molar-refractivity contribution in [2.75, 3.05) is 39.6 Å². The largest absolute Gasteiger partial charge is 0.472 e. The number of ether oxygens (including phenoxy) is 4. The summed E-state index contributed by atoms with van der Waals surface area (Å²) >= 11 is 0. The maximum atomic E-state index is 13.1. The number of aliphatic hydroxyl groups excluding tert-OH is 1. The Morgan fingerprint density at radius 2 is 0.485 bits per heavy atom. The molecular formula is C80H156O17P2. The van der Waals surface area contributed by atoms with Crippen LogP contribution in [-0.2, 0) is 65.4 Å². The van der Waals surface area contributed by atoms with Gasteiger partial charge in [0.1, 0.15) is 19.3 Å². The van der Waals surface area contributed by atoms with Gasteiger partial charge in [0.05, 0.1) is 26.4 Å². The lowest BCUT2D eigenvalue weighted by Gasteiger charge is -2.21. The van der Waals surface area contributed by atoms with Gasteiger partial charge in [-0.25, -0.2) is 9.13 Å². The Morgan fingerprint density at radius 3 is 0.717 bits per heavy atom. The molecular weight excluding hydrogens is 1290 g/mol. The van der Waals surface area contributed by atoms with Crippen LogP contribution in [0.1, 0.15) is 409 Å². The van der Waals surface area contributed by atoms with Gasteiger partial charge >= 0.3 is 39.5 Å². The summed E-state index contributed by atoms with van der Waals surface area (Å²) in [5, 5.41) is 10.6. The first-order valence-corrected chi connectivity index (χ1v) is 44.2. The van der Waals surface area contributed by atoms with E-state index in [2.05, 4.69) is 55.4 Å². The van der Waals surface area contributed by atoms with E-state index >= 15 is 0 Å². The minimum atomic E-state index is -4.96. The van der Waals surface area contributed by atoms with Crippen LogP contribution in [0.15, 0.2) is 0 Å². The predicted molar refractivity (Wildman–Crippen MR) is 404 cm³/mol. The highest BCUT2D eigenvalue weighted by molar-refractivity contribution is 7.47. The standard InChI is InChI=1S/C80H156O17P2/c1-9-73(8)59-51-43-34-28-24-25-29-35-44-52-60-77(82)90-66-75(96-79(84)62-54-46-36-30-22-18-14-10-12-16-20-26-32-40-48-56-70(2)3)68-94-98(86,87)92-64-74(81)65-93-99(88,89)95-69-76(67-91-78(83)61-53-45-39-38-42-50-58-72(6)7)97-80(85)63-55-47-37-31-23-19-15-11-13-17-21-27-33-41-49-57-71(4)5/h70-76,81H,9-69H2,1-8H3,(H,86,87)(H,88,89)/t73?,74?,75-,76-/m1/s1. The van der Waals surface area contributed by atoms with Crippen LogP contribution in [0.2, 0.25) is 0 Å². The molecule has 0 rings (SSSR count). The van der Waals surface area contributed by atoms with Crippen molar-refractivity contribution in [3.63, 3.8) is 0 Å². The van der Waals surface area contributed by atoms with Crippen molar-refractivity contribution >= 4 is 39.5 Å². The molecule has 4 unspecified atom stereocenters. The monoisotopic (exact) mass is 1450 g/mol. The van der Waals surface area contributed by atoms with Crippen LogP contribution in [0.25, 0.3) is 0 Å². The zero-order chi connectivity index (χ0) is 73.1. The van der Waals surface area contributed by atoms with E-state index in [0.717, 1.165) is 114 Å². The molecule has 0 fully saturated rings. The molecule has 0 radical (unpaired) electrons. The Hall–Kier alpha value is -1.94. The van der Waals surface area contributed by atoms with Gasteiger partial charge in [0.2, 0.25) is 0 Å². The molecule has 0 saturated heterocycles. The van der Waals surface area contributed by atoms with E-state index in [1.807, 2.05) is 0 Å². The number of esters is 4. The average molecular weight is 1450 g/mol. The lowest BCUT2D eigenvalue weighted by molar-refractivity contribution is -0.161. The molecule has 0 aliphatic rings. The normalized spacial score (nSPS) is 14.3. The number of carbonyl (C=O) groups excluding carboxylic acids is 4. The minimum absolute atomic E-state index is 0.106. The molecule has 0 spiro atoms. The number of hydrogen-bond acceptors (Lipinski definition) is 15. The maximum Gasteiger partial charge on any atom is 0.472 e. The Balaban J connectivity index is 5.22. The molecule has 0 amide bonds. The molecule has 0 saturated carbocycles. The molecule has 0 aliphatic heterocycles. The number of aliphatic hydroxyl groups is 1. The van der Waals surface area contributed by atoms with Crippen LogP contribution in [0.5, 0.6) is 0 Å². The lowest BCUT2D eigenvalue weighted by Crippen LogP contribution is -2.30. The smallest absolute Gasteiger partial charge is 0.462 e. The summed E-state index contributed by atoms with van der Waals surface area (Å²) < 4.78 is 68.7. The quantitative estimate of drug-likeness (QED) is 0.0222.